The number of esters is 1. The van der Waals surface area contributed by atoms with Crippen molar-refractivity contribution >= 4 is 33.9 Å². The van der Waals surface area contributed by atoms with Crippen LogP contribution in [0.2, 0.25) is 0 Å². The van der Waals surface area contributed by atoms with Crippen molar-refractivity contribution in [2.75, 3.05) is 35.0 Å². The smallest absolute Gasteiger partial charge is 0.363 e. The minimum Gasteiger partial charge on any atom is -0.493 e. The minimum absolute atomic E-state index is 0.133. The quantitative estimate of drug-likeness (QED) is 0.403. The minimum atomic E-state index is -0.575. The molecule has 0 bridgehead atoms. The standard InChI is InChI=1S/C22H22BrNO7/c1-6-30-18-9-12(7-14(23)19(18)28-4)8-15-22(25)31-21(24-15)13-10-16(26-2)20(29-5)17(11-13)27-3/h7-11H,6H2,1-5H3/b15-8-. The van der Waals surface area contributed by atoms with E-state index in [0.29, 0.717) is 51.0 Å². The maximum atomic E-state index is 12.5. The number of methoxy groups -OCH3 is 4. The van der Waals surface area contributed by atoms with Crippen LogP contribution in [0.1, 0.15) is 18.1 Å². The van der Waals surface area contributed by atoms with E-state index in [0.717, 1.165) is 0 Å². The highest BCUT2D eigenvalue weighted by atomic mass is 79.9. The van der Waals surface area contributed by atoms with Crippen molar-refractivity contribution in [3.63, 3.8) is 0 Å². The molecule has 0 fully saturated rings. The first-order valence-corrected chi connectivity index (χ1v) is 10.1. The van der Waals surface area contributed by atoms with E-state index in [2.05, 4.69) is 20.9 Å². The fourth-order valence-corrected chi connectivity index (χ4v) is 3.65. The lowest BCUT2D eigenvalue weighted by Gasteiger charge is -2.13. The maximum Gasteiger partial charge on any atom is 0.363 e. The molecule has 0 N–H and O–H groups in total. The lowest BCUT2D eigenvalue weighted by Crippen LogP contribution is -2.07. The van der Waals surface area contributed by atoms with Crippen molar-refractivity contribution in [1.82, 2.24) is 0 Å². The first-order valence-electron chi connectivity index (χ1n) is 9.28. The average Bonchev–Trinajstić information content (AvgIpc) is 3.12. The van der Waals surface area contributed by atoms with Crippen LogP contribution in [0.5, 0.6) is 28.7 Å². The molecule has 0 radical (unpaired) electrons. The van der Waals surface area contributed by atoms with Crippen LogP contribution >= 0.6 is 15.9 Å². The molecule has 1 aliphatic rings. The van der Waals surface area contributed by atoms with E-state index < -0.39 is 5.97 Å². The molecule has 0 aromatic heterocycles. The molecule has 8 nitrogen and oxygen atoms in total. The summed E-state index contributed by atoms with van der Waals surface area (Å²) in [5.41, 5.74) is 1.35. The fraction of sp³-hybridized carbons (Fsp3) is 0.273. The molecule has 0 aliphatic carbocycles. The van der Waals surface area contributed by atoms with Gasteiger partial charge in [-0.25, -0.2) is 9.79 Å². The molecule has 2 aromatic rings. The number of hydrogen-bond acceptors (Lipinski definition) is 8. The SMILES string of the molecule is CCOc1cc(/C=C2\N=C(c3cc(OC)c(OC)c(OC)c3)OC2=O)cc(Br)c1OC. The van der Waals surface area contributed by atoms with Crippen molar-refractivity contribution in [3.05, 3.63) is 45.6 Å². The second-order valence-electron chi connectivity index (χ2n) is 6.22. The van der Waals surface area contributed by atoms with Crippen LogP contribution in [0.4, 0.5) is 0 Å². The Bertz CT molecular complexity index is 1040. The van der Waals surface area contributed by atoms with Gasteiger partial charge < -0.3 is 28.4 Å². The average molecular weight is 492 g/mol. The summed E-state index contributed by atoms with van der Waals surface area (Å²) in [7, 11) is 6.08. The predicted molar refractivity (Wildman–Crippen MR) is 119 cm³/mol. The van der Waals surface area contributed by atoms with Gasteiger partial charge in [0.05, 0.1) is 39.5 Å². The van der Waals surface area contributed by atoms with Crippen molar-refractivity contribution in [1.29, 1.82) is 0 Å². The van der Waals surface area contributed by atoms with Gasteiger partial charge in [0.15, 0.2) is 28.7 Å². The first-order chi connectivity index (χ1) is 14.9. The summed E-state index contributed by atoms with van der Waals surface area (Å²) in [5.74, 6) is 1.95. The number of halogens is 1. The molecule has 1 aliphatic heterocycles. The zero-order valence-corrected chi connectivity index (χ0v) is 19.4. The Labute approximate surface area is 188 Å². The summed E-state index contributed by atoms with van der Waals surface area (Å²) in [6.07, 6.45) is 1.61. The summed E-state index contributed by atoms with van der Waals surface area (Å²) in [5, 5.41) is 0. The van der Waals surface area contributed by atoms with Crippen LogP contribution in [0.25, 0.3) is 6.08 Å². The van der Waals surface area contributed by atoms with E-state index in [4.69, 9.17) is 28.4 Å². The fourth-order valence-electron chi connectivity index (χ4n) is 3.03. The van der Waals surface area contributed by atoms with Gasteiger partial charge >= 0.3 is 5.97 Å². The van der Waals surface area contributed by atoms with E-state index in [1.165, 1.54) is 21.3 Å². The molecule has 164 valence electrons. The number of cyclic esters (lactones) is 1. The summed E-state index contributed by atoms with van der Waals surface area (Å²) < 4.78 is 33.1. The molecule has 0 saturated heterocycles. The maximum absolute atomic E-state index is 12.5. The van der Waals surface area contributed by atoms with E-state index >= 15 is 0 Å². The van der Waals surface area contributed by atoms with Crippen LogP contribution in [0, 0.1) is 0 Å². The van der Waals surface area contributed by atoms with Crippen molar-refractivity contribution in [3.8, 4) is 28.7 Å². The van der Waals surface area contributed by atoms with Crippen LogP contribution in [-0.4, -0.2) is 46.9 Å². The number of rotatable bonds is 8. The molecule has 0 spiro atoms. The van der Waals surface area contributed by atoms with E-state index in [1.54, 1.807) is 37.5 Å². The molecule has 0 saturated carbocycles. The first kappa shape index (κ1) is 22.5. The Hall–Kier alpha value is -3.20. The third kappa shape index (κ3) is 4.61. The third-order valence-corrected chi connectivity index (χ3v) is 4.96. The van der Waals surface area contributed by atoms with Crippen LogP contribution in [0.3, 0.4) is 0 Å². The largest absolute Gasteiger partial charge is 0.493 e. The van der Waals surface area contributed by atoms with Gasteiger partial charge in [-0.1, -0.05) is 0 Å². The summed E-state index contributed by atoms with van der Waals surface area (Å²) in [6, 6.07) is 6.88. The summed E-state index contributed by atoms with van der Waals surface area (Å²) in [4.78, 5) is 16.8. The van der Waals surface area contributed by atoms with E-state index in [1.807, 2.05) is 6.92 Å². The molecule has 1 heterocycles. The third-order valence-electron chi connectivity index (χ3n) is 4.37. The summed E-state index contributed by atoms with van der Waals surface area (Å²) in [6.45, 7) is 2.34. The predicted octanol–water partition coefficient (Wildman–Crippen LogP) is 4.23. The molecule has 31 heavy (non-hydrogen) atoms. The number of benzene rings is 2. The molecular weight excluding hydrogens is 470 g/mol. The van der Waals surface area contributed by atoms with Crippen molar-refractivity contribution in [2.45, 2.75) is 6.92 Å². The highest BCUT2D eigenvalue weighted by Crippen LogP contribution is 2.40. The normalized spacial score (nSPS) is 14.2. The van der Waals surface area contributed by atoms with Crippen LogP contribution in [0.15, 0.2) is 39.4 Å². The number of aliphatic imine (C=N–C) groups is 1. The number of carbonyl (C=O) groups is 1. The van der Waals surface area contributed by atoms with Crippen molar-refractivity contribution in [2.24, 2.45) is 4.99 Å². The monoisotopic (exact) mass is 491 g/mol. The van der Waals surface area contributed by atoms with E-state index in [-0.39, 0.29) is 11.6 Å². The highest BCUT2D eigenvalue weighted by molar-refractivity contribution is 9.10. The van der Waals surface area contributed by atoms with Gasteiger partial charge in [-0.3, -0.25) is 0 Å². The zero-order valence-electron chi connectivity index (χ0n) is 17.8. The zero-order chi connectivity index (χ0) is 22.5. The Balaban J connectivity index is 2.02. The summed E-state index contributed by atoms with van der Waals surface area (Å²) >= 11 is 3.46. The second kappa shape index (κ2) is 9.74. The number of hydrogen-bond donors (Lipinski definition) is 0. The van der Waals surface area contributed by atoms with Crippen LogP contribution < -0.4 is 23.7 Å². The van der Waals surface area contributed by atoms with Gasteiger partial charge in [0.1, 0.15) is 0 Å². The van der Waals surface area contributed by atoms with Gasteiger partial charge in [-0.05, 0) is 58.8 Å². The molecule has 0 atom stereocenters. The van der Waals surface area contributed by atoms with Gasteiger partial charge in [0.2, 0.25) is 11.6 Å². The Morgan fingerprint density at radius 1 is 0.935 bits per heavy atom. The van der Waals surface area contributed by atoms with Gasteiger partial charge in [-0.2, -0.15) is 0 Å². The molecule has 3 rings (SSSR count). The molecular formula is C22H22BrNO7. The van der Waals surface area contributed by atoms with E-state index in [9.17, 15) is 4.79 Å². The topological polar surface area (TPSA) is 84.8 Å². The number of ether oxygens (including phenoxy) is 6. The van der Waals surface area contributed by atoms with Gasteiger partial charge in [0.25, 0.3) is 0 Å². The highest BCUT2D eigenvalue weighted by Gasteiger charge is 2.27. The molecule has 0 unspecified atom stereocenters. The molecule has 2 aromatic carbocycles. The lowest BCUT2D eigenvalue weighted by molar-refractivity contribution is -0.129. The number of nitrogens with zero attached hydrogens (tertiary/aromatic N) is 1. The Kier molecular flexibility index (Phi) is 7.06. The van der Waals surface area contributed by atoms with Gasteiger partial charge in [0, 0.05) is 5.56 Å². The molecule has 0 amide bonds. The number of carbonyl (C=O) groups excluding carboxylic acids is 1. The second-order valence-corrected chi connectivity index (χ2v) is 7.07. The lowest BCUT2D eigenvalue weighted by atomic mass is 10.1. The molecule has 9 heteroatoms. The Morgan fingerprint density at radius 2 is 1.58 bits per heavy atom. The van der Waals surface area contributed by atoms with Crippen LogP contribution in [-0.2, 0) is 9.53 Å². The van der Waals surface area contributed by atoms with Crippen molar-refractivity contribution < 1.29 is 33.2 Å². The van der Waals surface area contributed by atoms with Gasteiger partial charge in [-0.15, -0.1) is 0 Å². The Morgan fingerprint density at radius 3 is 2.13 bits per heavy atom.